The number of rotatable bonds is 23. The zero-order chi connectivity index (χ0) is 44.6. The van der Waals surface area contributed by atoms with Gasteiger partial charge in [0, 0.05) is 59.0 Å². The zero-order valence-corrected chi connectivity index (χ0v) is 37.9. The molecule has 3 unspecified atom stereocenters. The van der Waals surface area contributed by atoms with E-state index in [1.165, 1.54) is 44.9 Å². The fraction of sp³-hybridized carbons (Fsp3) is 0.453. The molecular formula is C53H68N4O5. The van der Waals surface area contributed by atoms with Crippen LogP contribution in [-0.4, -0.2) is 49.2 Å². The Labute approximate surface area is 369 Å². The van der Waals surface area contributed by atoms with Crippen LogP contribution in [0.3, 0.4) is 0 Å². The number of benzene rings is 4. The number of unbranched alkanes of at least 4 members (excludes halogenated alkanes) is 3. The van der Waals surface area contributed by atoms with E-state index in [4.69, 9.17) is 0 Å². The molecule has 4 aromatic carbocycles. The second-order valence-corrected chi connectivity index (χ2v) is 16.9. The summed E-state index contributed by atoms with van der Waals surface area (Å²) in [6, 6.07) is 21.5. The van der Waals surface area contributed by atoms with E-state index in [2.05, 4.69) is 62.8 Å². The lowest BCUT2D eigenvalue weighted by Gasteiger charge is -2.25. The highest BCUT2D eigenvalue weighted by molar-refractivity contribution is 6.33. The molecule has 4 N–H and O–H groups in total. The minimum atomic E-state index is -0.237. The summed E-state index contributed by atoms with van der Waals surface area (Å²) >= 11 is 0. The summed E-state index contributed by atoms with van der Waals surface area (Å²) in [6.45, 7) is 15.6. The highest BCUT2D eigenvalue weighted by Crippen LogP contribution is 2.37. The summed E-state index contributed by atoms with van der Waals surface area (Å²) in [5.74, 6) is 1.09. The molecule has 2 aliphatic carbocycles. The molecule has 62 heavy (non-hydrogen) atoms. The van der Waals surface area contributed by atoms with E-state index >= 15 is 0 Å². The van der Waals surface area contributed by atoms with E-state index in [1.54, 1.807) is 42.5 Å². The molecule has 1 amide bonds. The van der Waals surface area contributed by atoms with Crippen molar-refractivity contribution in [1.29, 1.82) is 0 Å². The van der Waals surface area contributed by atoms with Gasteiger partial charge in [0.1, 0.15) is 0 Å². The minimum absolute atomic E-state index is 0.0565. The highest BCUT2D eigenvalue weighted by atomic mass is 16.1. The van der Waals surface area contributed by atoms with Gasteiger partial charge in [-0.05, 0) is 61.3 Å². The topological polar surface area (TPSA) is 133 Å². The Balaban J connectivity index is 0.000000238. The average Bonchev–Trinajstić information content (AvgIpc) is 3.30. The normalized spacial score (nSPS) is 14.0. The van der Waals surface area contributed by atoms with Gasteiger partial charge in [-0.15, -0.1) is 0 Å². The minimum Gasteiger partial charge on any atom is -0.384 e. The van der Waals surface area contributed by atoms with E-state index < -0.39 is 0 Å². The fourth-order valence-corrected chi connectivity index (χ4v) is 8.70. The number of hydrogen-bond acceptors (Lipinski definition) is 8. The first kappa shape index (κ1) is 47.5. The molecule has 0 saturated heterocycles. The second-order valence-electron chi connectivity index (χ2n) is 16.9. The molecule has 0 aromatic heterocycles. The van der Waals surface area contributed by atoms with Gasteiger partial charge in [-0.25, -0.2) is 0 Å². The first-order valence-corrected chi connectivity index (χ1v) is 23.3. The van der Waals surface area contributed by atoms with Gasteiger partial charge in [-0.1, -0.05) is 148 Å². The molecule has 2 aliphatic rings. The average molecular weight is 841 g/mol. The number of amides is 1. The lowest BCUT2D eigenvalue weighted by Crippen LogP contribution is -2.25. The first-order chi connectivity index (χ1) is 30.2. The van der Waals surface area contributed by atoms with E-state index in [9.17, 15) is 24.0 Å². The number of anilines is 4. The third kappa shape index (κ3) is 11.1. The zero-order valence-electron chi connectivity index (χ0n) is 37.9. The standard InChI is InChI=1S/C30H42N2O2.C23H26N2O3/c1-5-9-13-21(7-3)19-31-25-17-11-15-23-27(25)30(34)28-24(29(23)33)16-12-18-26(28)32-20-22(8-4)14-10-6-2;1-3-5-8-15(4-2)13-24-18-11-6-9-16-20(18)23(28)21-17(22(16)27)10-7-12-19(21)25-14-26/h11-12,15-18,21-22,31-32H,5-10,13-14,19-20H2,1-4H3;6-7,9-12,14-15,24H,3-5,8,13H2,1-2H3,(H,25,26). The third-order valence-electron chi connectivity index (χ3n) is 12.7. The van der Waals surface area contributed by atoms with Crippen LogP contribution in [-0.2, 0) is 4.79 Å². The Kier molecular flexibility index (Phi) is 18.1. The molecule has 4 aromatic rings. The maximum atomic E-state index is 13.8. The molecule has 330 valence electrons. The van der Waals surface area contributed by atoms with Gasteiger partial charge in [0.25, 0.3) is 0 Å². The van der Waals surface area contributed by atoms with Crippen LogP contribution in [0.4, 0.5) is 22.7 Å². The molecule has 6 rings (SSSR count). The predicted octanol–water partition coefficient (Wildman–Crippen LogP) is 12.4. The van der Waals surface area contributed by atoms with E-state index in [-0.39, 0.29) is 28.7 Å². The van der Waals surface area contributed by atoms with Crippen molar-refractivity contribution < 1.29 is 24.0 Å². The Bertz CT molecular complexity index is 2120. The van der Waals surface area contributed by atoms with Crippen LogP contribution in [0.5, 0.6) is 0 Å². The molecule has 9 nitrogen and oxygen atoms in total. The van der Waals surface area contributed by atoms with Crippen molar-refractivity contribution in [2.45, 2.75) is 119 Å². The predicted molar refractivity (Wildman–Crippen MR) is 255 cm³/mol. The SMILES string of the molecule is CCCCC(CC)CNc1cccc2c1C(=O)c1c(NC=O)cccc1C2=O.CCCCC(CC)CNc1cccc2c1C(=O)c1c(NCC(CC)CCCC)cccc1C2=O. The van der Waals surface area contributed by atoms with Crippen molar-refractivity contribution in [3.63, 3.8) is 0 Å². The maximum Gasteiger partial charge on any atom is 0.211 e. The number of ketones is 4. The lowest BCUT2D eigenvalue weighted by atomic mass is 9.82. The van der Waals surface area contributed by atoms with Crippen molar-refractivity contribution in [2.75, 3.05) is 40.9 Å². The molecule has 0 heterocycles. The number of fused-ring (bicyclic) bond motifs is 4. The molecule has 0 bridgehead atoms. The Morgan fingerprint density at radius 2 is 0.710 bits per heavy atom. The molecule has 9 heteroatoms. The van der Waals surface area contributed by atoms with E-state index in [0.717, 1.165) is 63.1 Å². The summed E-state index contributed by atoms with van der Waals surface area (Å²) in [6.07, 6.45) is 14.4. The highest BCUT2D eigenvalue weighted by Gasteiger charge is 2.35. The molecule has 0 radical (unpaired) electrons. The Hall–Kier alpha value is -5.57. The smallest absolute Gasteiger partial charge is 0.211 e. The fourth-order valence-electron chi connectivity index (χ4n) is 8.70. The van der Waals surface area contributed by atoms with Crippen molar-refractivity contribution in [2.24, 2.45) is 17.8 Å². The third-order valence-corrected chi connectivity index (χ3v) is 12.7. The number of carbonyl (C=O) groups is 5. The number of hydrogen-bond donors (Lipinski definition) is 4. The number of carbonyl (C=O) groups excluding carboxylic acids is 5. The summed E-state index contributed by atoms with van der Waals surface area (Å²) in [4.78, 5) is 64.5. The van der Waals surface area contributed by atoms with Crippen molar-refractivity contribution in [3.05, 3.63) is 117 Å². The van der Waals surface area contributed by atoms with Crippen LogP contribution in [0.2, 0.25) is 0 Å². The maximum absolute atomic E-state index is 13.8. The van der Waals surface area contributed by atoms with Gasteiger partial charge in [0.2, 0.25) is 6.41 Å². The van der Waals surface area contributed by atoms with Crippen molar-refractivity contribution in [3.8, 4) is 0 Å². The molecule has 0 aliphatic heterocycles. The largest absolute Gasteiger partial charge is 0.384 e. The monoisotopic (exact) mass is 841 g/mol. The summed E-state index contributed by atoms with van der Waals surface area (Å²) in [7, 11) is 0. The summed E-state index contributed by atoms with van der Waals surface area (Å²) in [5, 5.41) is 13.0. The molecular weight excluding hydrogens is 773 g/mol. The van der Waals surface area contributed by atoms with Gasteiger partial charge in [-0.2, -0.15) is 0 Å². The molecule has 0 saturated carbocycles. The van der Waals surface area contributed by atoms with Gasteiger partial charge in [-0.3, -0.25) is 24.0 Å². The van der Waals surface area contributed by atoms with Crippen molar-refractivity contribution >= 4 is 52.3 Å². The van der Waals surface area contributed by atoms with Crippen LogP contribution in [0.15, 0.2) is 72.8 Å². The summed E-state index contributed by atoms with van der Waals surface area (Å²) in [5.41, 5.74) is 6.06. The quantitative estimate of drug-likeness (QED) is 0.0469. The van der Waals surface area contributed by atoms with Gasteiger partial charge < -0.3 is 21.3 Å². The van der Waals surface area contributed by atoms with Gasteiger partial charge >= 0.3 is 0 Å². The van der Waals surface area contributed by atoms with Crippen LogP contribution in [0.1, 0.15) is 182 Å². The van der Waals surface area contributed by atoms with Crippen LogP contribution in [0.25, 0.3) is 0 Å². The van der Waals surface area contributed by atoms with Crippen LogP contribution in [0, 0.1) is 17.8 Å². The Morgan fingerprint density at radius 1 is 0.419 bits per heavy atom. The Morgan fingerprint density at radius 3 is 0.984 bits per heavy atom. The van der Waals surface area contributed by atoms with Crippen LogP contribution < -0.4 is 21.3 Å². The van der Waals surface area contributed by atoms with Crippen molar-refractivity contribution in [1.82, 2.24) is 0 Å². The van der Waals surface area contributed by atoms with Gasteiger partial charge in [0.15, 0.2) is 23.1 Å². The van der Waals surface area contributed by atoms with E-state index in [1.807, 2.05) is 30.3 Å². The second kappa shape index (κ2) is 23.6. The summed E-state index contributed by atoms with van der Waals surface area (Å²) < 4.78 is 0. The number of nitrogens with one attached hydrogen (secondary N) is 4. The molecule has 3 atom stereocenters. The first-order valence-electron chi connectivity index (χ1n) is 23.3. The van der Waals surface area contributed by atoms with Crippen LogP contribution >= 0.6 is 0 Å². The molecule has 0 spiro atoms. The lowest BCUT2D eigenvalue weighted by molar-refractivity contribution is -0.105. The van der Waals surface area contributed by atoms with Gasteiger partial charge in [0.05, 0.1) is 27.9 Å². The van der Waals surface area contributed by atoms with E-state index in [0.29, 0.717) is 74.5 Å². The molecule has 0 fully saturated rings.